The molecule has 6 nitrogen and oxygen atoms in total. The van der Waals surface area contributed by atoms with Crippen molar-refractivity contribution in [3.05, 3.63) is 28.1 Å². The van der Waals surface area contributed by atoms with Gasteiger partial charge in [0, 0.05) is 25.8 Å². The predicted molar refractivity (Wildman–Crippen MR) is 69.2 cm³/mol. The summed E-state index contributed by atoms with van der Waals surface area (Å²) in [4.78, 5) is 10.0. The van der Waals surface area contributed by atoms with Gasteiger partial charge in [0.25, 0.3) is 0 Å². The molecule has 0 aliphatic rings. The molecule has 1 N–H and O–H groups in total. The molecule has 0 aliphatic heterocycles. The molecule has 1 atom stereocenters. The van der Waals surface area contributed by atoms with Gasteiger partial charge in [-0.15, -0.1) is 0 Å². The summed E-state index contributed by atoms with van der Waals surface area (Å²) >= 11 is 0. The number of anilines is 1. The number of nitrogens with one attached hydrogen (secondary N) is 1. The fourth-order valence-corrected chi connectivity index (χ4v) is 1.59. The van der Waals surface area contributed by atoms with Crippen LogP contribution in [-0.2, 0) is 4.74 Å². The molecule has 0 spiro atoms. The molecule has 106 valence electrons. The number of ether oxygens (including phenoxy) is 2. The topological polar surface area (TPSA) is 73.6 Å². The van der Waals surface area contributed by atoms with Crippen molar-refractivity contribution in [2.24, 2.45) is 0 Å². The molecule has 1 aromatic carbocycles. The number of halogens is 1. The van der Waals surface area contributed by atoms with Crippen LogP contribution < -0.4 is 10.1 Å². The molecule has 1 aromatic rings. The van der Waals surface area contributed by atoms with E-state index < -0.39 is 16.4 Å². The van der Waals surface area contributed by atoms with Crippen molar-refractivity contribution in [3.8, 4) is 5.75 Å². The molecular weight excluding hydrogens is 255 g/mol. The lowest BCUT2D eigenvalue weighted by Crippen LogP contribution is -2.18. The first-order valence-corrected chi connectivity index (χ1v) is 5.77. The molecule has 0 aromatic heterocycles. The molecule has 1 rings (SSSR count). The number of hydrogen-bond donors (Lipinski definition) is 1. The first-order chi connectivity index (χ1) is 8.99. The Hall–Kier alpha value is -1.89. The lowest BCUT2D eigenvalue weighted by atomic mass is 10.2. The smallest absolute Gasteiger partial charge is 0.313 e. The van der Waals surface area contributed by atoms with Gasteiger partial charge in [0.05, 0.1) is 23.8 Å². The molecule has 1 unspecified atom stereocenters. The van der Waals surface area contributed by atoms with Crippen LogP contribution in [0.15, 0.2) is 12.1 Å². The Bertz CT molecular complexity index is 454. The second-order valence-corrected chi connectivity index (χ2v) is 4.09. The van der Waals surface area contributed by atoms with E-state index in [1.807, 2.05) is 6.92 Å². The Balaban J connectivity index is 2.93. The Morgan fingerprint density at radius 3 is 2.68 bits per heavy atom. The van der Waals surface area contributed by atoms with E-state index in [1.165, 1.54) is 13.2 Å². The summed E-state index contributed by atoms with van der Waals surface area (Å²) in [6.07, 6.45) is 0.690. The second kappa shape index (κ2) is 6.89. The SMILES string of the molecule is COCCC(C)Nc1cc(OC)c([N+](=O)[O-])cc1F. The van der Waals surface area contributed by atoms with E-state index in [9.17, 15) is 14.5 Å². The third kappa shape index (κ3) is 4.06. The van der Waals surface area contributed by atoms with Crippen LogP contribution >= 0.6 is 0 Å². The lowest BCUT2D eigenvalue weighted by Gasteiger charge is -2.16. The van der Waals surface area contributed by atoms with Crippen molar-refractivity contribution in [3.63, 3.8) is 0 Å². The number of rotatable bonds is 7. The summed E-state index contributed by atoms with van der Waals surface area (Å²) in [5, 5.41) is 13.7. The second-order valence-electron chi connectivity index (χ2n) is 4.09. The molecule has 0 fully saturated rings. The summed E-state index contributed by atoms with van der Waals surface area (Å²) in [6, 6.07) is 2.11. The Kier molecular flexibility index (Phi) is 5.50. The minimum Gasteiger partial charge on any atom is -0.490 e. The van der Waals surface area contributed by atoms with Gasteiger partial charge in [-0.25, -0.2) is 4.39 Å². The lowest BCUT2D eigenvalue weighted by molar-refractivity contribution is -0.385. The quantitative estimate of drug-likeness (QED) is 0.610. The maximum Gasteiger partial charge on any atom is 0.313 e. The standard InChI is InChI=1S/C12H17FN2O4/c1-8(4-5-18-2)14-10-7-12(19-3)11(15(16)17)6-9(10)13/h6-8,14H,4-5H2,1-3H3. The van der Waals surface area contributed by atoms with Crippen molar-refractivity contribution in [1.82, 2.24) is 0 Å². The highest BCUT2D eigenvalue weighted by atomic mass is 19.1. The Labute approximate surface area is 110 Å². The average molecular weight is 272 g/mol. The van der Waals surface area contributed by atoms with Crippen molar-refractivity contribution in [2.45, 2.75) is 19.4 Å². The first kappa shape index (κ1) is 15.2. The summed E-state index contributed by atoms with van der Waals surface area (Å²) in [5.41, 5.74) is -0.221. The Morgan fingerprint density at radius 1 is 1.47 bits per heavy atom. The van der Waals surface area contributed by atoms with Crippen LogP contribution in [0.2, 0.25) is 0 Å². The first-order valence-electron chi connectivity index (χ1n) is 5.77. The van der Waals surface area contributed by atoms with Gasteiger partial charge in [-0.2, -0.15) is 0 Å². The zero-order chi connectivity index (χ0) is 14.4. The van der Waals surface area contributed by atoms with Gasteiger partial charge in [0.1, 0.15) is 0 Å². The Morgan fingerprint density at radius 2 is 2.16 bits per heavy atom. The van der Waals surface area contributed by atoms with E-state index in [4.69, 9.17) is 9.47 Å². The highest BCUT2D eigenvalue weighted by molar-refractivity contribution is 5.59. The maximum atomic E-state index is 13.8. The van der Waals surface area contributed by atoms with Gasteiger partial charge in [0.15, 0.2) is 11.6 Å². The molecule has 19 heavy (non-hydrogen) atoms. The van der Waals surface area contributed by atoms with E-state index >= 15 is 0 Å². The van der Waals surface area contributed by atoms with Crippen molar-refractivity contribution in [1.29, 1.82) is 0 Å². The van der Waals surface area contributed by atoms with Gasteiger partial charge in [-0.05, 0) is 13.3 Å². The van der Waals surface area contributed by atoms with E-state index in [-0.39, 0.29) is 17.5 Å². The molecule has 7 heteroatoms. The third-order valence-electron chi connectivity index (χ3n) is 2.62. The van der Waals surface area contributed by atoms with Crippen LogP contribution in [0.25, 0.3) is 0 Å². The third-order valence-corrected chi connectivity index (χ3v) is 2.62. The molecular formula is C12H17FN2O4. The monoisotopic (exact) mass is 272 g/mol. The van der Waals surface area contributed by atoms with Crippen molar-refractivity contribution >= 4 is 11.4 Å². The number of nitro groups is 1. The van der Waals surface area contributed by atoms with Crippen LogP contribution in [0.1, 0.15) is 13.3 Å². The number of benzene rings is 1. The zero-order valence-corrected chi connectivity index (χ0v) is 11.1. The number of hydrogen-bond acceptors (Lipinski definition) is 5. The van der Waals surface area contributed by atoms with Crippen molar-refractivity contribution < 1.29 is 18.8 Å². The van der Waals surface area contributed by atoms with Crippen LogP contribution in [0.3, 0.4) is 0 Å². The number of nitro benzene ring substituents is 1. The molecule has 0 amide bonds. The summed E-state index contributed by atoms with van der Waals surface area (Å²) in [7, 11) is 2.89. The van der Waals surface area contributed by atoms with Crippen LogP contribution in [0.4, 0.5) is 15.8 Å². The average Bonchev–Trinajstić information content (AvgIpc) is 2.38. The summed E-state index contributed by atoms with van der Waals surface area (Å²) in [6.45, 7) is 2.41. The van der Waals surface area contributed by atoms with Gasteiger partial charge < -0.3 is 14.8 Å². The fourth-order valence-electron chi connectivity index (χ4n) is 1.59. The van der Waals surface area contributed by atoms with Crippen LogP contribution in [-0.4, -0.2) is 31.8 Å². The number of nitrogens with zero attached hydrogens (tertiary/aromatic N) is 1. The van der Waals surface area contributed by atoms with Gasteiger partial charge >= 0.3 is 5.69 Å². The normalized spacial score (nSPS) is 12.0. The number of methoxy groups -OCH3 is 2. The molecule has 0 aliphatic carbocycles. The zero-order valence-electron chi connectivity index (χ0n) is 11.1. The summed E-state index contributed by atoms with van der Waals surface area (Å²) < 4.78 is 23.6. The molecule has 0 bridgehead atoms. The molecule has 0 saturated heterocycles. The van der Waals surface area contributed by atoms with E-state index in [0.717, 1.165) is 6.07 Å². The van der Waals surface area contributed by atoms with Gasteiger partial charge in [0.2, 0.25) is 0 Å². The van der Waals surface area contributed by atoms with Crippen LogP contribution in [0.5, 0.6) is 5.75 Å². The minimum absolute atomic E-state index is 0.0211. The highest BCUT2D eigenvalue weighted by Gasteiger charge is 2.19. The largest absolute Gasteiger partial charge is 0.490 e. The highest BCUT2D eigenvalue weighted by Crippen LogP contribution is 2.32. The molecule has 0 heterocycles. The van der Waals surface area contributed by atoms with Gasteiger partial charge in [-0.1, -0.05) is 0 Å². The summed E-state index contributed by atoms with van der Waals surface area (Å²) in [5.74, 6) is -0.662. The maximum absolute atomic E-state index is 13.8. The molecule has 0 saturated carbocycles. The predicted octanol–water partition coefficient (Wildman–Crippen LogP) is 2.58. The van der Waals surface area contributed by atoms with Gasteiger partial charge in [-0.3, -0.25) is 10.1 Å². The van der Waals surface area contributed by atoms with E-state index in [1.54, 1.807) is 7.11 Å². The van der Waals surface area contributed by atoms with Crippen LogP contribution in [0, 0.1) is 15.9 Å². The fraction of sp³-hybridized carbons (Fsp3) is 0.500. The molecule has 0 radical (unpaired) electrons. The van der Waals surface area contributed by atoms with Crippen molar-refractivity contribution in [2.75, 3.05) is 26.1 Å². The van der Waals surface area contributed by atoms with E-state index in [2.05, 4.69) is 5.32 Å². The van der Waals surface area contributed by atoms with E-state index in [0.29, 0.717) is 13.0 Å². The minimum atomic E-state index is -0.684.